The molecule has 0 aliphatic carbocycles. The molecule has 0 unspecified atom stereocenters. The smallest absolute Gasteiger partial charge is 0.247 e. The molecule has 0 spiro atoms. The zero-order valence-electron chi connectivity index (χ0n) is 15.4. The van der Waals surface area contributed by atoms with Crippen LogP contribution in [-0.2, 0) is 24.9 Å². The Kier molecular flexibility index (Phi) is 5.97. The van der Waals surface area contributed by atoms with Crippen molar-refractivity contribution in [1.82, 2.24) is 14.7 Å². The van der Waals surface area contributed by atoms with E-state index in [4.69, 9.17) is 5.26 Å². The van der Waals surface area contributed by atoms with Crippen LogP contribution in [0.3, 0.4) is 0 Å². The van der Waals surface area contributed by atoms with Crippen LogP contribution in [0.1, 0.15) is 22.3 Å². The zero-order valence-corrected chi connectivity index (χ0v) is 15.4. The van der Waals surface area contributed by atoms with Crippen LogP contribution < -0.4 is 0 Å². The first-order valence-corrected chi connectivity index (χ1v) is 8.72. The Morgan fingerprint density at radius 3 is 2.61 bits per heavy atom. The summed E-state index contributed by atoms with van der Waals surface area (Å²) in [5.74, 6) is -0.536. The minimum absolute atomic E-state index is 0.197. The van der Waals surface area contributed by atoms with Crippen LogP contribution in [0.4, 0.5) is 4.39 Å². The van der Waals surface area contributed by atoms with Crippen LogP contribution in [-0.4, -0.2) is 20.6 Å². The third-order valence-corrected chi connectivity index (χ3v) is 4.17. The highest BCUT2D eigenvalue weighted by Gasteiger charge is 2.13. The molecular weight excluding hydrogens is 355 g/mol. The number of carbonyl (C=O) groups is 1. The van der Waals surface area contributed by atoms with E-state index in [0.29, 0.717) is 17.7 Å². The van der Waals surface area contributed by atoms with Gasteiger partial charge in [-0.05, 0) is 41.5 Å². The molecule has 0 aliphatic rings. The highest BCUT2D eigenvalue weighted by Crippen LogP contribution is 2.14. The second-order valence-corrected chi connectivity index (χ2v) is 6.41. The fourth-order valence-electron chi connectivity index (χ4n) is 2.77. The maximum absolute atomic E-state index is 13.5. The number of halogens is 1. The van der Waals surface area contributed by atoms with Crippen molar-refractivity contribution >= 4 is 12.0 Å². The quantitative estimate of drug-likeness (QED) is 0.619. The molecule has 5 nitrogen and oxygen atoms in total. The topological polar surface area (TPSA) is 61.9 Å². The van der Waals surface area contributed by atoms with Gasteiger partial charge in [0.15, 0.2) is 0 Å². The zero-order chi connectivity index (χ0) is 19.9. The van der Waals surface area contributed by atoms with Gasteiger partial charge >= 0.3 is 0 Å². The number of hydrogen-bond acceptors (Lipinski definition) is 3. The van der Waals surface area contributed by atoms with E-state index in [2.05, 4.69) is 11.2 Å². The SMILES string of the molecule is Cn1cc(C=CC(=O)N(Cc2ccc(C#N)cc2)Cc2cccc(F)c2)cn1. The Morgan fingerprint density at radius 1 is 1.21 bits per heavy atom. The van der Waals surface area contributed by atoms with Gasteiger partial charge in [0.05, 0.1) is 17.8 Å². The molecule has 0 radical (unpaired) electrons. The molecule has 0 saturated heterocycles. The number of hydrogen-bond donors (Lipinski definition) is 0. The Bertz CT molecular complexity index is 1030. The molecule has 140 valence electrons. The summed E-state index contributed by atoms with van der Waals surface area (Å²) in [4.78, 5) is 14.4. The summed E-state index contributed by atoms with van der Waals surface area (Å²) < 4.78 is 15.2. The lowest BCUT2D eigenvalue weighted by atomic mass is 10.1. The van der Waals surface area contributed by atoms with Crippen LogP contribution in [0.5, 0.6) is 0 Å². The van der Waals surface area contributed by atoms with E-state index < -0.39 is 0 Å². The third kappa shape index (κ3) is 5.15. The summed E-state index contributed by atoms with van der Waals surface area (Å²) in [6, 6.07) is 15.3. The van der Waals surface area contributed by atoms with Crippen LogP contribution in [0.25, 0.3) is 6.08 Å². The largest absolute Gasteiger partial charge is 0.331 e. The van der Waals surface area contributed by atoms with Crippen molar-refractivity contribution in [2.75, 3.05) is 0 Å². The monoisotopic (exact) mass is 374 g/mol. The van der Waals surface area contributed by atoms with Gasteiger partial charge in [-0.2, -0.15) is 10.4 Å². The standard InChI is InChI=1S/C22H19FN4O/c1-26-14-20(13-25-26)9-10-22(28)27(16-19-3-2-4-21(23)11-19)15-18-7-5-17(12-24)6-8-18/h2-11,13-14H,15-16H2,1H3. The lowest BCUT2D eigenvalue weighted by molar-refractivity contribution is -0.127. The molecule has 6 heteroatoms. The molecule has 28 heavy (non-hydrogen) atoms. The molecule has 0 fully saturated rings. The Morgan fingerprint density at radius 2 is 1.96 bits per heavy atom. The van der Waals surface area contributed by atoms with Crippen molar-refractivity contribution in [1.29, 1.82) is 5.26 Å². The molecule has 0 aliphatic heterocycles. The van der Waals surface area contributed by atoms with Gasteiger partial charge in [0, 0.05) is 38.0 Å². The average molecular weight is 374 g/mol. The number of nitrogens with zero attached hydrogens (tertiary/aromatic N) is 4. The number of rotatable bonds is 6. The number of amides is 1. The van der Waals surface area contributed by atoms with Crippen molar-refractivity contribution in [2.24, 2.45) is 7.05 Å². The molecule has 0 atom stereocenters. The van der Waals surface area contributed by atoms with Gasteiger partial charge in [-0.3, -0.25) is 9.48 Å². The lowest BCUT2D eigenvalue weighted by Gasteiger charge is -2.22. The molecule has 0 N–H and O–H groups in total. The number of aryl methyl sites for hydroxylation is 1. The summed E-state index contributed by atoms with van der Waals surface area (Å²) >= 11 is 0. The number of aromatic nitrogens is 2. The second-order valence-electron chi connectivity index (χ2n) is 6.41. The summed E-state index contributed by atoms with van der Waals surface area (Å²) in [5.41, 5.74) is 2.97. The Balaban J connectivity index is 1.80. The van der Waals surface area contributed by atoms with Crippen LogP contribution in [0.15, 0.2) is 67.0 Å². The van der Waals surface area contributed by atoms with Crippen LogP contribution in [0, 0.1) is 17.1 Å². The summed E-state index contributed by atoms with van der Waals surface area (Å²) in [5, 5.41) is 13.0. The molecule has 0 saturated carbocycles. The molecule has 0 bridgehead atoms. The van der Waals surface area contributed by atoms with Crippen molar-refractivity contribution in [3.8, 4) is 6.07 Å². The van der Waals surface area contributed by atoms with Gasteiger partial charge in [-0.25, -0.2) is 4.39 Å². The second kappa shape index (κ2) is 8.78. The minimum atomic E-state index is -0.339. The first-order valence-electron chi connectivity index (χ1n) is 8.72. The van der Waals surface area contributed by atoms with Gasteiger partial charge in [0.2, 0.25) is 5.91 Å². The van der Waals surface area contributed by atoms with E-state index in [9.17, 15) is 9.18 Å². The van der Waals surface area contributed by atoms with Gasteiger partial charge in [-0.15, -0.1) is 0 Å². The van der Waals surface area contributed by atoms with Crippen LogP contribution in [0.2, 0.25) is 0 Å². The normalized spacial score (nSPS) is 10.8. The Hall–Kier alpha value is -3.72. The molecule has 1 amide bonds. The summed E-state index contributed by atoms with van der Waals surface area (Å²) in [6.45, 7) is 0.617. The van der Waals surface area contributed by atoms with Crippen molar-refractivity contribution < 1.29 is 9.18 Å². The van der Waals surface area contributed by atoms with Crippen LogP contribution >= 0.6 is 0 Å². The molecule has 3 aromatic rings. The Labute approximate surface area is 162 Å². The lowest BCUT2D eigenvalue weighted by Crippen LogP contribution is -2.28. The first kappa shape index (κ1) is 19.1. The van der Waals surface area contributed by atoms with Gasteiger partial charge < -0.3 is 4.90 Å². The molecular formula is C22H19FN4O. The van der Waals surface area contributed by atoms with E-state index >= 15 is 0 Å². The molecule has 2 aromatic carbocycles. The molecule has 1 heterocycles. The predicted octanol–water partition coefficient (Wildman–Crippen LogP) is 3.67. The number of carbonyl (C=O) groups excluding carboxylic acids is 1. The van der Waals surface area contributed by atoms with Crippen molar-refractivity contribution in [2.45, 2.75) is 13.1 Å². The minimum Gasteiger partial charge on any atom is -0.331 e. The number of nitriles is 1. The average Bonchev–Trinajstić information content (AvgIpc) is 3.11. The fourth-order valence-corrected chi connectivity index (χ4v) is 2.77. The molecule has 3 rings (SSSR count). The summed E-state index contributed by atoms with van der Waals surface area (Å²) in [6.07, 6.45) is 6.66. The summed E-state index contributed by atoms with van der Waals surface area (Å²) in [7, 11) is 1.81. The van der Waals surface area contributed by atoms with Gasteiger partial charge in [0.1, 0.15) is 5.82 Å². The van der Waals surface area contributed by atoms with E-state index in [1.54, 1.807) is 59.4 Å². The van der Waals surface area contributed by atoms with E-state index in [1.165, 1.54) is 18.2 Å². The predicted molar refractivity (Wildman–Crippen MR) is 104 cm³/mol. The van der Waals surface area contributed by atoms with Gasteiger partial charge in [-0.1, -0.05) is 24.3 Å². The highest BCUT2D eigenvalue weighted by molar-refractivity contribution is 5.91. The van der Waals surface area contributed by atoms with Crippen molar-refractivity contribution in [3.63, 3.8) is 0 Å². The maximum Gasteiger partial charge on any atom is 0.247 e. The maximum atomic E-state index is 13.5. The van der Waals surface area contributed by atoms with Gasteiger partial charge in [0.25, 0.3) is 0 Å². The first-order chi connectivity index (χ1) is 13.5. The third-order valence-electron chi connectivity index (χ3n) is 4.17. The van der Waals surface area contributed by atoms with Crippen molar-refractivity contribution in [3.05, 3.63) is 95.1 Å². The molecule has 1 aromatic heterocycles. The van der Waals surface area contributed by atoms with E-state index in [1.807, 2.05) is 12.1 Å². The van der Waals surface area contributed by atoms with E-state index in [-0.39, 0.29) is 18.3 Å². The fraction of sp³-hybridized carbons (Fsp3) is 0.136. The van der Waals surface area contributed by atoms with E-state index in [0.717, 1.165) is 11.1 Å². The number of benzene rings is 2. The highest BCUT2D eigenvalue weighted by atomic mass is 19.1.